The molecular weight excluding hydrogens is 355 g/mol. The number of hydrogen-bond donors (Lipinski definition) is 2. The molecule has 0 saturated carbocycles. The second-order valence-electron chi connectivity index (χ2n) is 5.66. The third-order valence-electron chi connectivity index (χ3n) is 3.53. The standard InChI is InChI=1S/C19H16ClFN4O/c1-12-9-17(18(26)24-16-4-2-3-14(20)10-16)25-19(23-12)22-11-13-5-7-15(21)8-6-13/h2-10H,11H2,1H3,(H,24,26)(H,22,23,25). The van der Waals surface area contributed by atoms with E-state index < -0.39 is 0 Å². The van der Waals surface area contributed by atoms with Gasteiger partial charge in [-0.1, -0.05) is 29.8 Å². The van der Waals surface area contributed by atoms with Crippen molar-refractivity contribution in [2.24, 2.45) is 0 Å². The fraction of sp³-hybridized carbons (Fsp3) is 0.105. The van der Waals surface area contributed by atoms with Crippen molar-refractivity contribution < 1.29 is 9.18 Å². The maximum atomic E-state index is 13.0. The molecule has 3 aromatic rings. The van der Waals surface area contributed by atoms with E-state index in [1.54, 1.807) is 49.4 Å². The first-order valence-corrected chi connectivity index (χ1v) is 8.28. The summed E-state index contributed by atoms with van der Waals surface area (Å²) in [6.07, 6.45) is 0. The topological polar surface area (TPSA) is 66.9 Å². The fourth-order valence-electron chi connectivity index (χ4n) is 2.31. The Labute approximate surface area is 155 Å². The number of aromatic nitrogens is 2. The molecule has 0 spiro atoms. The van der Waals surface area contributed by atoms with Crippen LogP contribution >= 0.6 is 11.6 Å². The lowest BCUT2D eigenvalue weighted by atomic mass is 10.2. The number of carbonyl (C=O) groups is 1. The van der Waals surface area contributed by atoms with Crippen molar-refractivity contribution in [2.45, 2.75) is 13.5 Å². The summed E-state index contributed by atoms with van der Waals surface area (Å²) < 4.78 is 13.0. The summed E-state index contributed by atoms with van der Waals surface area (Å²) in [6.45, 7) is 2.19. The number of halogens is 2. The molecule has 0 saturated heterocycles. The minimum Gasteiger partial charge on any atom is -0.350 e. The molecule has 1 amide bonds. The summed E-state index contributed by atoms with van der Waals surface area (Å²) in [7, 11) is 0. The zero-order valence-electron chi connectivity index (χ0n) is 14.0. The molecule has 0 fully saturated rings. The Kier molecular flexibility index (Phi) is 5.43. The molecule has 3 rings (SSSR count). The van der Waals surface area contributed by atoms with Crippen LogP contribution in [0.4, 0.5) is 16.0 Å². The average molecular weight is 371 g/mol. The largest absolute Gasteiger partial charge is 0.350 e. The van der Waals surface area contributed by atoms with Crippen LogP contribution in [0.1, 0.15) is 21.7 Å². The Balaban J connectivity index is 1.72. The molecule has 0 radical (unpaired) electrons. The smallest absolute Gasteiger partial charge is 0.274 e. The van der Waals surface area contributed by atoms with Crippen LogP contribution in [0.5, 0.6) is 0 Å². The summed E-state index contributed by atoms with van der Waals surface area (Å²) >= 11 is 5.92. The van der Waals surface area contributed by atoms with Gasteiger partial charge in [0, 0.05) is 22.9 Å². The molecule has 0 aliphatic rings. The van der Waals surface area contributed by atoms with Crippen molar-refractivity contribution in [2.75, 3.05) is 10.6 Å². The van der Waals surface area contributed by atoms with Gasteiger partial charge in [-0.05, 0) is 48.9 Å². The van der Waals surface area contributed by atoms with Crippen molar-refractivity contribution in [3.05, 3.63) is 82.4 Å². The van der Waals surface area contributed by atoms with Gasteiger partial charge in [-0.3, -0.25) is 4.79 Å². The minimum atomic E-state index is -0.359. The van der Waals surface area contributed by atoms with E-state index in [2.05, 4.69) is 20.6 Å². The molecule has 7 heteroatoms. The van der Waals surface area contributed by atoms with Crippen LogP contribution in [0.15, 0.2) is 54.6 Å². The highest BCUT2D eigenvalue weighted by Gasteiger charge is 2.11. The Morgan fingerprint density at radius 2 is 1.88 bits per heavy atom. The molecule has 0 aliphatic carbocycles. The third kappa shape index (κ3) is 4.77. The zero-order chi connectivity index (χ0) is 18.5. The maximum Gasteiger partial charge on any atom is 0.274 e. The lowest BCUT2D eigenvalue weighted by Crippen LogP contribution is -2.16. The van der Waals surface area contributed by atoms with Gasteiger partial charge in [0.2, 0.25) is 5.95 Å². The first-order chi connectivity index (χ1) is 12.5. The number of hydrogen-bond acceptors (Lipinski definition) is 4. The minimum absolute atomic E-state index is 0.235. The number of carbonyl (C=O) groups excluding carboxylic acids is 1. The van der Waals surface area contributed by atoms with Gasteiger partial charge in [-0.2, -0.15) is 0 Å². The fourth-order valence-corrected chi connectivity index (χ4v) is 2.50. The molecular formula is C19H16ClFN4O. The van der Waals surface area contributed by atoms with Gasteiger partial charge >= 0.3 is 0 Å². The van der Waals surface area contributed by atoms with Crippen molar-refractivity contribution in [1.82, 2.24) is 9.97 Å². The van der Waals surface area contributed by atoms with Crippen LogP contribution in [0.25, 0.3) is 0 Å². The van der Waals surface area contributed by atoms with Gasteiger partial charge in [0.15, 0.2) is 0 Å². The van der Waals surface area contributed by atoms with Crippen LogP contribution in [0, 0.1) is 12.7 Å². The van der Waals surface area contributed by atoms with Gasteiger partial charge in [-0.25, -0.2) is 14.4 Å². The molecule has 0 unspecified atom stereocenters. The van der Waals surface area contributed by atoms with Crippen LogP contribution in [-0.4, -0.2) is 15.9 Å². The summed E-state index contributed by atoms with van der Waals surface area (Å²) in [5.74, 6) is -0.325. The molecule has 0 bridgehead atoms. The third-order valence-corrected chi connectivity index (χ3v) is 3.77. The van der Waals surface area contributed by atoms with Crippen LogP contribution in [0.3, 0.4) is 0 Å². The number of benzene rings is 2. The van der Waals surface area contributed by atoms with E-state index in [0.717, 1.165) is 5.56 Å². The molecule has 0 aliphatic heterocycles. The lowest BCUT2D eigenvalue weighted by molar-refractivity contribution is 0.102. The van der Waals surface area contributed by atoms with E-state index in [1.807, 2.05) is 0 Å². The SMILES string of the molecule is Cc1cc(C(=O)Nc2cccc(Cl)c2)nc(NCc2ccc(F)cc2)n1. The highest BCUT2D eigenvalue weighted by Crippen LogP contribution is 2.16. The van der Waals surface area contributed by atoms with Gasteiger partial charge in [0.1, 0.15) is 11.5 Å². The molecule has 1 aromatic heterocycles. The molecule has 132 valence electrons. The van der Waals surface area contributed by atoms with Gasteiger partial charge in [-0.15, -0.1) is 0 Å². The molecule has 2 N–H and O–H groups in total. The highest BCUT2D eigenvalue weighted by atomic mass is 35.5. The highest BCUT2D eigenvalue weighted by molar-refractivity contribution is 6.30. The predicted octanol–water partition coefficient (Wildman–Crippen LogP) is 4.44. The summed E-state index contributed by atoms with van der Waals surface area (Å²) in [4.78, 5) is 20.9. The number of amides is 1. The number of anilines is 2. The summed E-state index contributed by atoms with van der Waals surface area (Å²) in [5, 5.41) is 6.32. The molecule has 0 atom stereocenters. The van der Waals surface area contributed by atoms with Crippen molar-refractivity contribution in [3.63, 3.8) is 0 Å². The molecule has 1 heterocycles. The first kappa shape index (κ1) is 17.8. The van der Waals surface area contributed by atoms with Crippen molar-refractivity contribution in [1.29, 1.82) is 0 Å². The van der Waals surface area contributed by atoms with E-state index in [9.17, 15) is 9.18 Å². The van der Waals surface area contributed by atoms with Crippen molar-refractivity contribution in [3.8, 4) is 0 Å². The quantitative estimate of drug-likeness (QED) is 0.696. The number of nitrogens with one attached hydrogen (secondary N) is 2. The Morgan fingerprint density at radius 1 is 1.12 bits per heavy atom. The number of nitrogens with zero attached hydrogens (tertiary/aromatic N) is 2. The predicted molar refractivity (Wildman–Crippen MR) is 99.9 cm³/mol. The first-order valence-electron chi connectivity index (χ1n) is 7.90. The maximum absolute atomic E-state index is 13.0. The van der Waals surface area contributed by atoms with Crippen LogP contribution < -0.4 is 10.6 Å². The van der Waals surface area contributed by atoms with Crippen LogP contribution in [-0.2, 0) is 6.54 Å². The molecule has 5 nitrogen and oxygen atoms in total. The van der Waals surface area contributed by atoms with E-state index in [1.165, 1.54) is 12.1 Å². The Bertz CT molecular complexity index is 931. The number of rotatable bonds is 5. The molecule has 26 heavy (non-hydrogen) atoms. The second kappa shape index (κ2) is 7.93. The second-order valence-corrected chi connectivity index (χ2v) is 6.10. The van der Waals surface area contributed by atoms with E-state index >= 15 is 0 Å². The lowest BCUT2D eigenvalue weighted by Gasteiger charge is -2.09. The number of aryl methyl sites for hydroxylation is 1. The van der Waals surface area contributed by atoms with Gasteiger partial charge in [0.05, 0.1) is 0 Å². The monoisotopic (exact) mass is 370 g/mol. The normalized spacial score (nSPS) is 10.4. The zero-order valence-corrected chi connectivity index (χ0v) is 14.7. The molecule has 2 aromatic carbocycles. The van der Waals surface area contributed by atoms with Crippen LogP contribution in [0.2, 0.25) is 5.02 Å². The summed E-state index contributed by atoms with van der Waals surface area (Å²) in [5.41, 5.74) is 2.35. The van der Waals surface area contributed by atoms with Gasteiger partial charge in [0.25, 0.3) is 5.91 Å². The Morgan fingerprint density at radius 3 is 2.62 bits per heavy atom. The average Bonchev–Trinajstić information content (AvgIpc) is 2.61. The van der Waals surface area contributed by atoms with Gasteiger partial charge < -0.3 is 10.6 Å². The Hall–Kier alpha value is -2.99. The summed E-state index contributed by atoms with van der Waals surface area (Å²) in [6, 6.07) is 14.6. The van der Waals surface area contributed by atoms with E-state index in [-0.39, 0.29) is 17.4 Å². The van der Waals surface area contributed by atoms with E-state index in [0.29, 0.717) is 28.9 Å². The van der Waals surface area contributed by atoms with E-state index in [4.69, 9.17) is 11.6 Å². The van der Waals surface area contributed by atoms with Crippen molar-refractivity contribution >= 4 is 29.1 Å².